The SMILES string of the molecule is Clc1ccc(P(c2ccc(Cl)cc2)c2ccc(Cl)cc2)cc1.Clc1ccc(P(c2ccc(Cl)cc2)c2ccc(Cl)cc2)cc1.[Hg+2].[O-][Cl+3]([O-])([O-])[O-].[O-][Cl+3]([O-])([O-])[O-]. The van der Waals surface area contributed by atoms with E-state index in [1.807, 2.05) is 72.8 Å². The van der Waals surface area contributed by atoms with Crippen LogP contribution in [0.3, 0.4) is 0 Å². The van der Waals surface area contributed by atoms with Crippen LogP contribution < -0.4 is 69.1 Å². The predicted molar refractivity (Wildman–Crippen MR) is 200 cm³/mol. The summed E-state index contributed by atoms with van der Waals surface area (Å²) in [5.41, 5.74) is 0. The van der Waals surface area contributed by atoms with Gasteiger partial charge in [0.15, 0.2) is 0 Å². The molecule has 0 aromatic heterocycles. The number of hydrogen-bond acceptors (Lipinski definition) is 8. The fourth-order valence-corrected chi connectivity index (χ4v) is 9.66. The van der Waals surface area contributed by atoms with Crippen LogP contribution in [0.4, 0.5) is 0 Å². The van der Waals surface area contributed by atoms with Crippen molar-refractivity contribution < 1.29 is 85.4 Å². The summed E-state index contributed by atoms with van der Waals surface area (Å²) in [5, 5.41) is 11.9. The van der Waals surface area contributed by atoms with E-state index < -0.39 is 36.3 Å². The molecule has 0 unspecified atom stereocenters. The van der Waals surface area contributed by atoms with Crippen molar-refractivity contribution in [3.8, 4) is 0 Å². The quantitative estimate of drug-likeness (QED) is 0.177. The molecule has 284 valence electrons. The average Bonchev–Trinajstić information content (AvgIpc) is 3.09. The summed E-state index contributed by atoms with van der Waals surface area (Å²) in [6.07, 6.45) is 0. The second kappa shape index (κ2) is 24.3. The molecule has 0 spiro atoms. The standard InChI is InChI=1S/2C18H12Cl3P.2ClHO4.Hg/c2*19-13-1-7-16(8-2-13)22(17-9-3-14(20)4-10-17)18-11-5-15(21)6-12-18;2*2-1(3,4)5;/h2*1-12H;2*(H,2,3,4,5);/q;;;;+2/p-2. The smallest absolute Gasteiger partial charge is 0.222 e. The zero-order valence-corrected chi connectivity index (χ0v) is 41.1. The third-order valence-electron chi connectivity index (χ3n) is 6.51. The van der Waals surface area contributed by atoms with Gasteiger partial charge in [0.25, 0.3) is 0 Å². The minimum absolute atomic E-state index is 0. The van der Waals surface area contributed by atoms with Crippen molar-refractivity contribution in [2.24, 2.45) is 0 Å². The Hall–Kier alpha value is -0.885. The summed E-state index contributed by atoms with van der Waals surface area (Å²) in [6.45, 7) is 0. The Balaban J connectivity index is 0.000000301. The van der Waals surface area contributed by atoms with Crippen LogP contribution in [-0.2, 0) is 27.7 Å². The zero-order chi connectivity index (χ0) is 40.1. The van der Waals surface area contributed by atoms with Gasteiger partial charge >= 0.3 is 27.7 Å². The molecule has 0 saturated carbocycles. The van der Waals surface area contributed by atoms with Gasteiger partial charge in [-0.15, -0.1) is 20.5 Å². The van der Waals surface area contributed by atoms with Crippen molar-refractivity contribution >= 4 is 117 Å². The molecular formula is C36H24Cl8HgO8P2. The number of halogens is 8. The van der Waals surface area contributed by atoms with Gasteiger partial charge < -0.3 is 0 Å². The van der Waals surface area contributed by atoms with Crippen LogP contribution >= 0.6 is 85.4 Å². The van der Waals surface area contributed by atoms with Crippen molar-refractivity contribution in [1.82, 2.24) is 0 Å². The molecule has 19 heteroatoms. The van der Waals surface area contributed by atoms with Crippen LogP contribution in [0.2, 0.25) is 30.1 Å². The summed E-state index contributed by atoms with van der Waals surface area (Å²) in [5.74, 6) is 0. The van der Waals surface area contributed by atoms with Crippen LogP contribution in [0.5, 0.6) is 0 Å². The van der Waals surface area contributed by atoms with Crippen molar-refractivity contribution in [2.45, 2.75) is 0 Å². The van der Waals surface area contributed by atoms with E-state index in [4.69, 9.17) is 107 Å². The van der Waals surface area contributed by atoms with Gasteiger partial charge in [-0.25, -0.2) is 37.3 Å². The number of rotatable bonds is 6. The first-order valence-corrected chi connectivity index (χ1v) is 22.1. The second-order valence-electron chi connectivity index (χ2n) is 10.3. The maximum absolute atomic E-state index is 8.49. The molecule has 0 fully saturated rings. The molecule has 6 aromatic rings. The summed E-state index contributed by atoms with van der Waals surface area (Å²) in [7, 11) is -11.2. The maximum Gasteiger partial charge on any atom is 2.00 e. The molecule has 0 bridgehead atoms. The van der Waals surface area contributed by atoms with E-state index in [-0.39, 0.29) is 27.7 Å². The van der Waals surface area contributed by atoms with Crippen LogP contribution in [0.15, 0.2) is 146 Å². The van der Waals surface area contributed by atoms with E-state index in [0.29, 0.717) is 0 Å². The molecule has 8 nitrogen and oxygen atoms in total. The Bertz CT molecular complexity index is 1630. The summed E-state index contributed by atoms with van der Waals surface area (Å²) >= 11 is 36.1. The van der Waals surface area contributed by atoms with Crippen molar-refractivity contribution in [2.75, 3.05) is 0 Å². The molecule has 0 aliphatic rings. The fraction of sp³-hybridized carbons (Fsp3) is 0. The molecular weight excluding hydrogens is 1110 g/mol. The first-order valence-electron chi connectivity index (χ1n) is 14.6. The Kier molecular flexibility index (Phi) is 22.2. The van der Waals surface area contributed by atoms with Gasteiger partial charge in [0.2, 0.25) is 0 Å². The van der Waals surface area contributed by atoms with E-state index in [0.717, 1.165) is 30.1 Å². The van der Waals surface area contributed by atoms with Crippen molar-refractivity contribution in [3.63, 3.8) is 0 Å². The van der Waals surface area contributed by atoms with Crippen LogP contribution in [0.25, 0.3) is 0 Å². The maximum atomic E-state index is 8.49. The molecule has 0 aliphatic carbocycles. The van der Waals surface area contributed by atoms with Gasteiger partial charge in [-0.2, -0.15) is 0 Å². The first-order chi connectivity index (χ1) is 25.3. The molecule has 0 saturated heterocycles. The third-order valence-corrected chi connectivity index (χ3v) is 12.9. The predicted octanol–water partition coefficient (Wildman–Crippen LogP) is 1.30. The van der Waals surface area contributed by atoms with E-state index in [1.165, 1.54) is 31.8 Å². The normalized spacial score (nSPS) is 10.9. The van der Waals surface area contributed by atoms with Gasteiger partial charge in [-0.3, -0.25) is 0 Å². The van der Waals surface area contributed by atoms with Gasteiger partial charge in [0, 0.05) is 30.1 Å². The molecule has 0 aliphatic heterocycles. The number of benzene rings is 6. The topological polar surface area (TPSA) is 184 Å². The molecule has 0 atom stereocenters. The summed E-state index contributed by atoms with van der Waals surface area (Å²) in [6, 6.07) is 48.1. The summed E-state index contributed by atoms with van der Waals surface area (Å²) in [4.78, 5) is 0. The van der Waals surface area contributed by atoms with E-state index in [1.54, 1.807) is 0 Å². The Labute approximate surface area is 374 Å². The van der Waals surface area contributed by atoms with Crippen LogP contribution in [0.1, 0.15) is 0 Å². The molecule has 6 rings (SSSR count). The van der Waals surface area contributed by atoms with Gasteiger partial charge in [0.05, 0.1) is 0 Å². The average molecular weight is 1130 g/mol. The Morgan fingerprint density at radius 2 is 0.345 bits per heavy atom. The number of hydrogen-bond donors (Lipinski definition) is 0. The second-order valence-corrected chi connectivity index (χ2v) is 18.9. The van der Waals surface area contributed by atoms with Gasteiger partial charge in [-0.1, -0.05) is 142 Å². The Morgan fingerprint density at radius 3 is 0.436 bits per heavy atom. The zero-order valence-electron chi connectivity index (χ0n) is 27.7. The fourth-order valence-electron chi connectivity index (χ4n) is 4.44. The van der Waals surface area contributed by atoms with Crippen LogP contribution in [0, 0.1) is 20.5 Å². The molecule has 55 heavy (non-hydrogen) atoms. The monoisotopic (exact) mass is 1130 g/mol. The largest absolute Gasteiger partial charge is 2.00 e. The minimum Gasteiger partial charge on any atom is -0.222 e. The van der Waals surface area contributed by atoms with Crippen molar-refractivity contribution in [1.29, 1.82) is 0 Å². The summed E-state index contributed by atoms with van der Waals surface area (Å²) < 4.78 is 67.9. The van der Waals surface area contributed by atoms with Gasteiger partial charge in [-0.05, 0) is 120 Å². The van der Waals surface area contributed by atoms with Crippen LogP contribution in [-0.4, -0.2) is 0 Å². The van der Waals surface area contributed by atoms with E-state index in [9.17, 15) is 0 Å². The van der Waals surface area contributed by atoms with Gasteiger partial charge in [0.1, 0.15) is 0 Å². The molecule has 0 heterocycles. The van der Waals surface area contributed by atoms with E-state index >= 15 is 0 Å². The molecule has 0 N–H and O–H groups in total. The molecule has 6 aromatic carbocycles. The third kappa shape index (κ3) is 20.1. The van der Waals surface area contributed by atoms with Crippen molar-refractivity contribution in [3.05, 3.63) is 176 Å². The molecule has 0 radical (unpaired) electrons. The van der Waals surface area contributed by atoms with E-state index in [2.05, 4.69) is 72.8 Å². The first kappa shape index (κ1) is 50.3. The minimum atomic E-state index is -4.94. The molecule has 0 amide bonds. The Morgan fingerprint density at radius 1 is 0.255 bits per heavy atom.